The summed E-state index contributed by atoms with van der Waals surface area (Å²) in [6.07, 6.45) is 2.98. The van der Waals surface area contributed by atoms with Crippen LogP contribution in [0.15, 0.2) is 10.7 Å². The van der Waals surface area contributed by atoms with Gasteiger partial charge in [-0.15, -0.1) is 0 Å². The number of hydrogen-bond donors (Lipinski definition) is 1. The largest absolute Gasteiger partial charge is 0.311 e. The molecule has 1 heterocycles. The standard InChI is InChI=1S/C9H16BrN3/c1-3-5-13-9(7-11-4-2)8(10)6-12-13/h6,11H,3-5,7H2,1-2H3. The first-order valence-electron chi connectivity index (χ1n) is 4.70. The molecule has 1 N–H and O–H groups in total. The fraction of sp³-hybridized carbons (Fsp3) is 0.667. The van der Waals surface area contributed by atoms with Crippen LogP contribution in [-0.4, -0.2) is 16.3 Å². The molecule has 0 aliphatic rings. The van der Waals surface area contributed by atoms with E-state index < -0.39 is 0 Å². The predicted octanol–water partition coefficient (Wildman–Crippen LogP) is 2.17. The van der Waals surface area contributed by atoms with Gasteiger partial charge in [-0.3, -0.25) is 4.68 Å². The normalized spacial score (nSPS) is 10.7. The molecule has 0 radical (unpaired) electrons. The van der Waals surface area contributed by atoms with E-state index in [1.54, 1.807) is 0 Å². The molecule has 0 fully saturated rings. The second-order valence-corrected chi connectivity index (χ2v) is 3.80. The number of aromatic nitrogens is 2. The minimum Gasteiger partial charge on any atom is -0.311 e. The fourth-order valence-corrected chi connectivity index (χ4v) is 1.65. The maximum Gasteiger partial charge on any atom is 0.0664 e. The second-order valence-electron chi connectivity index (χ2n) is 2.94. The first-order chi connectivity index (χ1) is 6.29. The van der Waals surface area contributed by atoms with Gasteiger partial charge >= 0.3 is 0 Å². The van der Waals surface area contributed by atoms with E-state index in [9.17, 15) is 0 Å². The molecule has 0 aliphatic carbocycles. The maximum absolute atomic E-state index is 4.29. The molecule has 0 spiro atoms. The lowest BCUT2D eigenvalue weighted by molar-refractivity contribution is 0.553. The number of nitrogens with one attached hydrogen (secondary N) is 1. The highest BCUT2D eigenvalue weighted by Crippen LogP contribution is 2.15. The van der Waals surface area contributed by atoms with Crippen molar-refractivity contribution in [3.05, 3.63) is 16.4 Å². The van der Waals surface area contributed by atoms with Crippen molar-refractivity contribution in [2.75, 3.05) is 6.54 Å². The summed E-state index contributed by atoms with van der Waals surface area (Å²) in [6.45, 7) is 7.13. The van der Waals surface area contributed by atoms with E-state index >= 15 is 0 Å². The van der Waals surface area contributed by atoms with Crippen molar-refractivity contribution in [3.8, 4) is 0 Å². The topological polar surface area (TPSA) is 29.9 Å². The zero-order valence-corrected chi connectivity index (χ0v) is 9.76. The molecule has 4 heteroatoms. The molecule has 13 heavy (non-hydrogen) atoms. The van der Waals surface area contributed by atoms with E-state index in [1.165, 1.54) is 5.69 Å². The first-order valence-corrected chi connectivity index (χ1v) is 5.49. The smallest absolute Gasteiger partial charge is 0.0664 e. The van der Waals surface area contributed by atoms with Crippen LogP contribution < -0.4 is 5.32 Å². The highest BCUT2D eigenvalue weighted by molar-refractivity contribution is 9.10. The van der Waals surface area contributed by atoms with E-state index in [4.69, 9.17) is 0 Å². The van der Waals surface area contributed by atoms with E-state index in [-0.39, 0.29) is 0 Å². The monoisotopic (exact) mass is 245 g/mol. The van der Waals surface area contributed by atoms with Crippen LogP contribution in [0.25, 0.3) is 0 Å². The van der Waals surface area contributed by atoms with Crippen molar-refractivity contribution in [3.63, 3.8) is 0 Å². The Morgan fingerprint density at radius 2 is 2.31 bits per heavy atom. The van der Waals surface area contributed by atoms with Crippen LogP contribution in [0, 0.1) is 0 Å². The molecule has 0 unspecified atom stereocenters. The van der Waals surface area contributed by atoms with Gasteiger partial charge in [-0.25, -0.2) is 0 Å². The Balaban J connectivity index is 2.69. The van der Waals surface area contributed by atoms with E-state index in [2.05, 4.69) is 40.2 Å². The van der Waals surface area contributed by atoms with Crippen LogP contribution in [0.1, 0.15) is 26.0 Å². The summed E-state index contributed by atoms with van der Waals surface area (Å²) in [5, 5.41) is 7.59. The molecule has 1 aromatic heterocycles. The third-order valence-electron chi connectivity index (χ3n) is 1.88. The van der Waals surface area contributed by atoms with Crippen LogP contribution in [0.3, 0.4) is 0 Å². The lowest BCUT2D eigenvalue weighted by atomic mass is 10.4. The van der Waals surface area contributed by atoms with Crippen LogP contribution >= 0.6 is 15.9 Å². The third-order valence-corrected chi connectivity index (χ3v) is 2.54. The molecule has 0 saturated heterocycles. The first kappa shape index (κ1) is 10.7. The van der Waals surface area contributed by atoms with Crippen molar-refractivity contribution in [1.29, 1.82) is 0 Å². The van der Waals surface area contributed by atoms with Crippen molar-refractivity contribution in [2.45, 2.75) is 33.4 Å². The van der Waals surface area contributed by atoms with Crippen molar-refractivity contribution in [1.82, 2.24) is 15.1 Å². The zero-order chi connectivity index (χ0) is 9.68. The third kappa shape index (κ3) is 2.81. The molecule has 0 bridgehead atoms. The van der Waals surface area contributed by atoms with Gasteiger partial charge in [0, 0.05) is 13.1 Å². The quantitative estimate of drug-likeness (QED) is 0.862. The van der Waals surface area contributed by atoms with Gasteiger partial charge in [0.05, 0.1) is 16.4 Å². The average molecular weight is 246 g/mol. The predicted molar refractivity (Wildman–Crippen MR) is 57.6 cm³/mol. The molecule has 0 atom stereocenters. The summed E-state index contributed by atoms with van der Waals surface area (Å²) in [6, 6.07) is 0. The number of rotatable bonds is 5. The van der Waals surface area contributed by atoms with E-state index in [1.807, 2.05) is 10.9 Å². The minimum atomic E-state index is 0.886. The SMILES string of the molecule is CCCn1ncc(Br)c1CNCC. The molecule has 3 nitrogen and oxygen atoms in total. The van der Waals surface area contributed by atoms with E-state index in [0.29, 0.717) is 0 Å². The number of nitrogens with zero attached hydrogens (tertiary/aromatic N) is 2. The lowest BCUT2D eigenvalue weighted by Gasteiger charge is -2.06. The van der Waals surface area contributed by atoms with Crippen LogP contribution in [0.5, 0.6) is 0 Å². The summed E-state index contributed by atoms with van der Waals surface area (Å²) in [4.78, 5) is 0. The molecular weight excluding hydrogens is 230 g/mol. The maximum atomic E-state index is 4.29. The number of halogens is 1. The fourth-order valence-electron chi connectivity index (χ4n) is 1.21. The van der Waals surface area contributed by atoms with Gasteiger partial charge in [-0.2, -0.15) is 5.10 Å². The summed E-state index contributed by atoms with van der Waals surface area (Å²) in [7, 11) is 0. The molecule has 0 aromatic carbocycles. The van der Waals surface area contributed by atoms with Crippen LogP contribution in [0.2, 0.25) is 0 Å². The average Bonchev–Trinajstić information content (AvgIpc) is 2.45. The molecule has 0 amide bonds. The Hall–Kier alpha value is -0.350. The molecule has 1 rings (SSSR count). The number of hydrogen-bond acceptors (Lipinski definition) is 2. The molecule has 0 aliphatic heterocycles. The van der Waals surface area contributed by atoms with Crippen molar-refractivity contribution >= 4 is 15.9 Å². The Morgan fingerprint density at radius 1 is 1.54 bits per heavy atom. The summed E-state index contributed by atoms with van der Waals surface area (Å²) in [5.74, 6) is 0. The van der Waals surface area contributed by atoms with Gasteiger partial charge in [0.25, 0.3) is 0 Å². The van der Waals surface area contributed by atoms with Gasteiger partial charge in [0.2, 0.25) is 0 Å². The lowest BCUT2D eigenvalue weighted by Crippen LogP contribution is -2.16. The summed E-state index contributed by atoms with van der Waals surface area (Å²) < 4.78 is 3.15. The Bertz CT molecular complexity index is 257. The van der Waals surface area contributed by atoms with Gasteiger partial charge in [0.15, 0.2) is 0 Å². The Morgan fingerprint density at radius 3 is 2.92 bits per heavy atom. The van der Waals surface area contributed by atoms with Crippen molar-refractivity contribution in [2.24, 2.45) is 0 Å². The van der Waals surface area contributed by atoms with Gasteiger partial charge in [-0.05, 0) is 28.9 Å². The summed E-state index contributed by atoms with van der Waals surface area (Å²) >= 11 is 3.49. The molecule has 74 valence electrons. The van der Waals surface area contributed by atoms with Gasteiger partial charge in [0.1, 0.15) is 0 Å². The highest BCUT2D eigenvalue weighted by atomic mass is 79.9. The molecule has 1 aromatic rings. The van der Waals surface area contributed by atoms with Crippen molar-refractivity contribution < 1.29 is 0 Å². The summed E-state index contributed by atoms with van der Waals surface area (Å²) in [5.41, 5.74) is 1.24. The highest BCUT2D eigenvalue weighted by Gasteiger charge is 2.06. The number of aryl methyl sites for hydroxylation is 1. The second kappa shape index (κ2) is 5.40. The molecular formula is C9H16BrN3. The molecule has 0 saturated carbocycles. The zero-order valence-electron chi connectivity index (χ0n) is 8.18. The Labute approximate surface area is 87.6 Å². The van der Waals surface area contributed by atoms with Crippen LogP contribution in [0.4, 0.5) is 0 Å². The van der Waals surface area contributed by atoms with Gasteiger partial charge < -0.3 is 5.32 Å². The van der Waals surface area contributed by atoms with Crippen LogP contribution in [-0.2, 0) is 13.1 Å². The van der Waals surface area contributed by atoms with Gasteiger partial charge in [-0.1, -0.05) is 13.8 Å². The minimum absolute atomic E-state index is 0.886. The Kier molecular flexibility index (Phi) is 4.45. The van der Waals surface area contributed by atoms with E-state index in [0.717, 1.165) is 30.5 Å².